The molecule has 0 unspecified atom stereocenters. The summed E-state index contributed by atoms with van der Waals surface area (Å²) in [5.74, 6) is 0.138. The summed E-state index contributed by atoms with van der Waals surface area (Å²) >= 11 is 0. The van der Waals surface area contributed by atoms with E-state index in [1.807, 2.05) is 28.9 Å². The van der Waals surface area contributed by atoms with Crippen molar-refractivity contribution in [2.24, 2.45) is 0 Å². The Hall–Kier alpha value is -3.94. The van der Waals surface area contributed by atoms with Crippen molar-refractivity contribution in [1.82, 2.24) is 14.8 Å². The molecule has 2 aromatic carbocycles. The molecule has 0 radical (unpaired) electrons. The minimum absolute atomic E-state index is 0.0939. The highest BCUT2D eigenvalue weighted by Crippen LogP contribution is 2.43. The van der Waals surface area contributed by atoms with E-state index >= 15 is 0 Å². The van der Waals surface area contributed by atoms with Gasteiger partial charge in [-0.15, -0.1) is 0 Å². The SMILES string of the molecule is COc1ccccc1-c1c2oc3c(O)c(=O)ccc3c2[nH]c2c1c(=O)[nH]n2C1CCCC1. The number of fused-ring (bicyclic) bond motifs is 4. The van der Waals surface area contributed by atoms with Gasteiger partial charge < -0.3 is 19.2 Å². The molecule has 1 fully saturated rings. The fourth-order valence-electron chi connectivity index (χ4n) is 5.01. The number of aromatic nitrogens is 3. The predicted octanol–water partition coefficient (Wildman–Crippen LogP) is 4.41. The third-order valence-corrected chi connectivity index (χ3v) is 6.51. The number of nitrogens with zero attached hydrogens (tertiary/aromatic N) is 1. The van der Waals surface area contributed by atoms with Crippen LogP contribution in [-0.2, 0) is 0 Å². The Morgan fingerprint density at radius 1 is 1.09 bits per heavy atom. The molecule has 0 spiro atoms. The standard InChI is InChI=1S/C24H21N3O5/c1-31-16-9-5-4-8-13(16)17-18-23(27(26-24(18)30)12-6-2-3-7-12)25-19-14-10-11-15(28)20(29)21(14)32-22(17)19/h4-5,8-12,25,29H,2-3,6-7H2,1H3,(H,26,30). The summed E-state index contributed by atoms with van der Waals surface area (Å²) in [6, 6.07) is 10.5. The van der Waals surface area contributed by atoms with Crippen LogP contribution >= 0.6 is 0 Å². The summed E-state index contributed by atoms with van der Waals surface area (Å²) in [5, 5.41) is 14.4. The molecule has 0 amide bonds. The van der Waals surface area contributed by atoms with Gasteiger partial charge in [0, 0.05) is 16.5 Å². The van der Waals surface area contributed by atoms with Gasteiger partial charge in [-0.3, -0.25) is 19.4 Å². The summed E-state index contributed by atoms with van der Waals surface area (Å²) in [5.41, 5.74) is 2.23. The number of H-pyrrole nitrogens is 2. The topological polar surface area (TPSA) is 113 Å². The number of aromatic hydroxyl groups is 1. The Morgan fingerprint density at radius 3 is 2.66 bits per heavy atom. The van der Waals surface area contributed by atoms with Gasteiger partial charge in [0.2, 0.25) is 11.2 Å². The van der Waals surface area contributed by atoms with Gasteiger partial charge in [0.15, 0.2) is 11.2 Å². The molecule has 32 heavy (non-hydrogen) atoms. The van der Waals surface area contributed by atoms with Crippen LogP contribution in [0.25, 0.3) is 44.2 Å². The maximum Gasteiger partial charge on any atom is 0.274 e. The molecular weight excluding hydrogens is 410 g/mol. The summed E-state index contributed by atoms with van der Waals surface area (Å²) < 4.78 is 13.6. The largest absolute Gasteiger partial charge is 0.502 e. The number of rotatable bonds is 3. The zero-order valence-corrected chi connectivity index (χ0v) is 17.4. The van der Waals surface area contributed by atoms with Crippen LogP contribution in [-0.4, -0.2) is 27.0 Å². The molecule has 1 aliphatic carbocycles. The third kappa shape index (κ3) is 2.49. The Bertz CT molecular complexity index is 1630. The zero-order chi connectivity index (χ0) is 22.0. The van der Waals surface area contributed by atoms with Crippen molar-refractivity contribution in [3.8, 4) is 22.6 Å². The normalized spacial score (nSPS) is 14.8. The molecule has 1 aliphatic rings. The monoisotopic (exact) mass is 431 g/mol. The predicted molar refractivity (Wildman–Crippen MR) is 122 cm³/mol. The Labute approximate surface area is 181 Å². The fraction of sp³-hybridized carbons (Fsp3) is 0.250. The second kappa shape index (κ2) is 6.78. The summed E-state index contributed by atoms with van der Waals surface area (Å²) in [7, 11) is 1.57. The van der Waals surface area contributed by atoms with E-state index in [0.717, 1.165) is 25.7 Å². The average Bonchev–Trinajstić information content (AvgIpc) is 3.53. The van der Waals surface area contributed by atoms with Crippen molar-refractivity contribution in [1.29, 1.82) is 0 Å². The quantitative estimate of drug-likeness (QED) is 0.392. The van der Waals surface area contributed by atoms with Gasteiger partial charge in [0.1, 0.15) is 11.4 Å². The zero-order valence-electron chi connectivity index (χ0n) is 17.4. The molecule has 8 heteroatoms. The van der Waals surface area contributed by atoms with Crippen molar-refractivity contribution in [2.75, 3.05) is 7.11 Å². The van der Waals surface area contributed by atoms with Crippen LogP contribution in [0.15, 0.2) is 50.4 Å². The van der Waals surface area contributed by atoms with E-state index in [1.54, 1.807) is 13.2 Å². The number of furan rings is 1. The summed E-state index contributed by atoms with van der Waals surface area (Å²) in [6.07, 6.45) is 4.20. The molecule has 3 N–H and O–H groups in total. The van der Waals surface area contributed by atoms with Crippen molar-refractivity contribution >= 4 is 33.1 Å². The van der Waals surface area contributed by atoms with Crippen LogP contribution in [0.1, 0.15) is 31.7 Å². The van der Waals surface area contributed by atoms with Crippen LogP contribution < -0.4 is 15.7 Å². The Kier molecular flexibility index (Phi) is 3.98. The molecule has 6 rings (SSSR count). The first kappa shape index (κ1) is 18.8. The highest BCUT2D eigenvalue weighted by molar-refractivity contribution is 6.15. The molecule has 8 nitrogen and oxygen atoms in total. The summed E-state index contributed by atoms with van der Waals surface area (Å²) in [6.45, 7) is 0. The third-order valence-electron chi connectivity index (χ3n) is 6.51. The summed E-state index contributed by atoms with van der Waals surface area (Å²) in [4.78, 5) is 28.7. The lowest BCUT2D eigenvalue weighted by Crippen LogP contribution is -2.10. The lowest BCUT2D eigenvalue weighted by Gasteiger charge is -2.14. The lowest BCUT2D eigenvalue weighted by atomic mass is 10.0. The van der Waals surface area contributed by atoms with Gasteiger partial charge >= 0.3 is 0 Å². The molecule has 0 bridgehead atoms. The van der Waals surface area contributed by atoms with E-state index in [-0.39, 0.29) is 17.2 Å². The molecule has 5 aromatic rings. The number of hydrogen-bond donors (Lipinski definition) is 3. The number of para-hydroxylation sites is 1. The van der Waals surface area contributed by atoms with E-state index in [9.17, 15) is 14.7 Å². The average molecular weight is 431 g/mol. The van der Waals surface area contributed by atoms with Gasteiger partial charge in [-0.2, -0.15) is 0 Å². The number of phenolic OH excluding ortho intramolecular Hbond substituents is 1. The highest BCUT2D eigenvalue weighted by Gasteiger charge is 2.27. The number of methoxy groups -OCH3 is 1. The number of hydrogen-bond acceptors (Lipinski definition) is 5. The van der Waals surface area contributed by atoms with Gasteiger partial charge in [0.05, 0.1) is 24.1 Å². The van der Waals surface area contributed by atoms with Crippen molar-refractivity contribution in [2.45, 2.75) is 31.7 Å². The molecule has 1 saturated carbocycles. The van der Waals surface area contributed by atoms with E-state index < -0.39 is 11.2 Å². The molecule has 0 aliphatic heterocycles. The van der Waals surface area contributed by atoms with E-state index in [0.29, 0.717) is 44.4 Å². The molecule has 3 heterocycles. The van der Waals surface area contributed by atoms with Crippen LogP contribution in [0.5, 0.6) is 11.5 Å². The van der Waals surface area contributed by atoms with Crippen LogP contribution in [0.3, 0.4) is 0 Å². The first-order valence-corrected chi connectivity index (χ1v) is 10.7. The Morgan fingerprint density at radius 2 is 1.88 bits per heavy atom. The van der Waals surface area contributed by atoms with Crippen LogP contribution in [0.2, 0.25) is 0 Å². The van der Waals surface area contributed by atoms with Gasteiger partial charge in [-0.1, -0.05) is 31.0 Å². The minimum Gasteiger partial charge on any atom is -0.502 e. The van der Waals surface area contributed by atoms with Crippen molar-refractivity contribution < 1.29 is 14.3 Å². The number of pyridine rings is 1. The van der Waals surface area contributed by atoms with Crippen LogP contribution in [0, 0.1) is 0 Å². The Balaban J connectivity index is 1.84. The van der Waals surface area contributed by atoms with E-state index in [1.165, 1.54) is 6.07 Å². The highest BCUT2D eigenvalue weighted by atomic mass is 16.5. The van der Waals surface area contributed by atoms with Gasteiger partial charge in [0.25, 0.3) is 5.56 Å². The van der Waals surface area contributed by atoms with Gasteiger partial charge in [-0.05, 0) is 31.0 Å². The number of phenols is 1. The second-order valence-corrected chi connectivity index (χ2v) is 8.27. The van der Waals surface area contributed by atoms with E-state index in [2.05, 4.69) is 10.1 Å². The number of ether oxygens (including phenoxy) is 1. The first-order valence-electron chi connectivity index (χ1n) is 10.7. The molecule has 3 aromatic heterocycles. The first-order chi connectivity index (χ1) is 15.6. The lowest BCUT2D eigenvalue weighted by molar-refractivity contribution is 0.416. The molecular formula is C24H21N3O5. The smallest absolute Gasteiger partial charge is 0.274 e. The van der Waals surface area contributed by atoms with Crippen LogP contribution in [0.4, 0.5) is 0 Å². The molecule has 0 atom stereocenters. The second-order valence-electron chi connectivity index (χ2n) is 8.27. The van der Waals surface area contributed by atoms with Gasteiger partial charge in [-0.25, -0.2) is 0 Å². The maximum atomic E-state index is 13.3. The molecule has 0 saturated heterocycles. The van der Waals surface area contributed by atoms with Crippen molar-refractivity contribution in [3.63, 3.8) is 0 Å². The van der Waals surface area contributed by atoms with Crippen molar-refractivity contribution in [3.05, 3.63) is 57.0 Å². The minimum atomic E-state index is -0.520. The fourth-order valence-corrected chi connectivity index (χ4v) is 5.01. The maximum absolute atomic E-state index is 13.3. The number of nitrogens with one attached hydrogen (secondary N) is 2. The number of aromatic amines is 2. The number of benzene rings is 2. The molecule has 162 valence electrons. The van der Waals surface area contributed by atoms with E-state index in [4.69, 9.17) is 9.15 Å².